The minimum atomic E-state index is -4.84. The van der Waals surface area contributed by atoms with Gasteiger partial charge in [0.15, 0.2) is 17.2 Å². The first kappa shape index (κ1) is 25.0. The second kappa shape index (κ2) is 8.96. The molecule has 3 rings (SSSR count). The van der Waals surface area contributed by atoms with Crippen LogP contribution in [-0.2, 0) is 9.53 Å². The van der Waals surface area contributed by atoms with E-state index in [1.54, 1.807) is 0 Å². The Balaban J connectivity index is 1.98. The summed E-state index contributed by atoms with van der Waals surface area (Å²) in [7, 11) is 0. The Hall–Kier alpha value is -2.63. The number of aliphatic hydroxyl groups is 2. The maximum Gasteiger partial charge on any atom is 0.417 e. The SMILES string of the molecule is Cc1c([C@@H]2[C@@H](C(=O)Nc3ccc([C@@H](O)CO)nc3)O[C@](C)(C(F)(F)F)[C@@H]2C)ccc(F)c1F. The number of hydrogen-bond acceptors (Lipinski definition) is 5. The molecule has 1 aromatic carbocycles. The molecule has 0 bridgehead atoms. The molecule has 1 saturated heterocycles. The Morgan fingerprint density at radius 3 is 2.48 bits per heavy atom. The molecule has 1 aliphatic rings. The van der Waals surface area contributed by atoms with Crippen molar-refractivity contribution in [2.24, 2.45) is 5.92 Å². The molecule has 0 saturated carbocycles. The van der Waals surface area contributed by atoms with Gasteiger partial charge < -0.3 is 20.3 Å². The van der Waals surface area contributed by atoms with E-state index >= 15 is 0 Å². The zero-order valence-corrected chi connectivity index (χ0v) is 18.0. The molecule has 1 fully saturated rings. The van der Waals surface area contributed by atoms with Crippen molar-refractivity contribution >= 4 is 11.6 Å². The molecule has 11 heteroatoms. The normalized spacial score (nSPS) is 26.3. The number of alkyl halides is 3. The van der Waals surface area contributed by atoms with Crippen molar-refractivity contribution in [3.63, 3.8) is 0 Å². The number of hydrogen-bond donors (Lipinski definition) is 3. The number of pyridine rings is 1. The number of nitrogens with zero attached hydrogens (tertiary/aromatic N) is 1. The molecule has 1 aromatic heterocycles. The van der Waals surface area contributed by atoms with Crippen LogP contribution in [0.25, 0.3) is 0 Å². The zero-order chi connectivity index (χ0) is 24.7. The summed E-state index contributed by atoms with van der Waals surface area (Å²) in [5.41, 5.74) is -2.66. The van der Waals surface area contributed by atoms with Gasteiger partial charge in [0.1, 0.15) is 12.2 Å². The predicted molar refractivity (Wildman–Crippen MR) is 107 cm³/mol. The third-order valence-electron chi connectivity index (χ3n) is 6.24. The number of benzene rings is 1. The van der Waals surface area contributed by atoms with Crippen LogP contribution in [0.5, 0.6) is 0 Å². The van der Waals surface area contributed by atoms with E-state index in [-0.39, 0.29) is 22.5 Å². The molecule has 2 aromatic rings. The van der Waals surface area contributed by atoms with Crippen LogP contribution >= 0.6 is 0 Å². The van der Waals surface area contributed by atoms with Crippen LogP contribution in [0.2, 0.25) is 0 Å². The standard InChI is InChI=1S/C22H23F5N2O4/c1-10-13(5-6-14(23)18(10)24)17-11(2)21(3,22(25,26)27)33-19(17)20(32)29-12-4-7-15(28-8-12)16(31)9-30/h4-8,11,16-17,19,30-31H,9H2,1-3H3,(H,29,32)/t11-,16+,17-,19+,21+/m1/s1. The van der Waals surface area contributed by atoms with E-state index in [9.17, 15) is 31.9 Å². The summed E-state index contributed by atoms with van der Waals surface area (Å²) in [6.45, 7) is 2.73. The molecule has 5 atom stereocenters. The summed E-state index contributed by atoms with van der Waals surface area (Å²) in [6.07, 6.45) is -6.58. The minimum absolute atomic E-state index is 0.0362. The van der Waals surface area contributed by atoms with E-state index in [1.165, 1.54) is 26.0 Å². The highest BCUT2D eigenvalue weighted by Gasteiger charge is 2.65. The van der Waals surface area contributed by atoms with Gasteiger partial charge in [-0.1, -0.05) is 13.0 Å². The number of carbonyl (C=O) groups excluding carboxylic acids is 1. The molecule has 0 unspecified atom stereocenters. The first-order chi connectivity index (χ1) is 15.3. The van der Waals surface area contributed by atoms with Crippen molar-refractivity contribution in [2.75, 3.05) is 11.9 Å². The fourth-order valence-electron chi connectivity index (χ4n) is 4.03. The molecular formula is C22H23F5N2O4. The first-order valence-corrected chi connectivity index (χ1v) is 10.1. The highest BCUT2D eigenvalue weighted by atomic mass is 19.4. The number of amides is 1. The van der Waals surface area contributed by atoms with E-state index in [0.717, 1.165) is 25.3 Å². The Bertz CT molecular complexity index is 1030. The van der Waals surface area contributed by atoms with Gasteiger partial charge in [0.05, 0.1) is 24.2 Å². The largest absolute Gasteiger partial charge is 0.417 e. The first-order valence-electron chi connectivity index (χ1n) is 10.1. The monoisotopic (exact) mass is 474 g/mol. The molecule has 180 valence electrons. The Morgan fingerprint density at radius 2 is 1.94 bits per heavy atom. The highest BCUT2D eigenvalue weighted by Crippen LogP contribution is 2.54. The Kier molecular flexibility index (Phi) is 6.79. The maximum absolute atomic E-state index is 14.2. The number of halogens is 5. The van der Waals surface area contributed by atoms with E-state index < -0.39 is 60.0 Å². The second-order valence-electron chi connectivity index (χ2n) is 8.19. The molecule has 1 aliphatic heterocycles. The van der Waals surface area contributed by atoms with Crippen LogP contribution in [0, 0.1) is 24.5 Å². The minimum Gasteiger partial charge on any atom is -0.393 e. The second-order valence-corrected chi connectivity index (χ2v) is 8.19. The fraction of sp³-hybridized carbons (Fsp3) is 0.455. The lowest BCUT2D eigenvalue weighted by atomic mass is 9.76. The zero-order valence-electron chi connectivity index (χ0n) is 18.0. The van der Waals surface area contributed by atoms with Crippen LogP contribution in [-0.4, -0.2) is 45.6 Å². The summed E-state index contributed by atoms with van der Waals surface area (Å²) < 4.78 is 74.8. The Labute approximate surface area is 186 Å². The lowest BCUT2D eigenvalue weighted by Gasteiger charge is -2.32. The fourth-order valence-corrected chi connectivity index (χ4v) is 4.03. The molecule has 0 radical (unpaired) electrons. The number of aliphatic hydroxyl groups excluding tert-OH is 2. The third-order valence-corrected chi connectivity index (χ3v) is 6.24. The number of ether oxygens (including phenoxy) is 1. The average molecular weight is 474 g/mol. The molecule has 6 nitrogen and oxygen atoms in total. The highest BCUT2D eigenvalue weighted by molar-refractivity contribution is 5.95. The van der Waals surface area contributed by atoms with Crippen molar-refractivity contribution in [3.8, 4) is 0 Å². The topological polar surface area (TPSA) is 91.7 Å². The summed E-state index contributed by atoms with van der Waals surface area (Å²) in [5, 5.41) is 21.0. The predicted octanol–water partition coefficient (Wildman–Crippen LogP) is 3.77. The van der Waals surface area contributed by atoms with Crippen LogP contribution in [0.1, 0.15) is 42.7 Å². The van der Waals surface area contributed by atoms with Crippen molar-refractivity contribution in [3.05, 3.63) is 58.9 Å². The van der Waals surface area contributed by atoms with Crippen molar-refractivity contribution in [1.29, 1.82) is 0 Å². The molecular weight excluding hydrogens is 451 g/mol. The smallest absolute Gasteiger partial charge is 0.393 e. The van der Waals surface area contributed by atoms with Crippen LogP contribution in [0.3, 0.4) is 0 Å². The van der Waals surface area contributed by atoms with Crippen molar-refractivity contribution < 1.29 is 41.7 Å². The van der Waals surface area contributed by atoms with Gasteiger partial charge in [0, 0.05) is 11.8 Å². The van der Waals surface area contributed by atoms with E-state index in [4.69, 9.17) is 9.84 Å². The molecule has 33 heavy (non-hydrogen) atoms. The molecule has 1 amide bonds. The van der Waals surface area contributed by atoms with Crippen LogP contribution < -0.4 is 5.32 Å². The number of anilines is 1. The average Bonchev–Trinajstić information content (AvgIpc) is 3.04. The van der Waals surface area contributed by atoms with E-state index in [2.05, 4.69) is 10.3 Å². The summed E-state index contributed by atoms with van der Waals surface area (Å²) >= 11 is 0. The lowest BCUT2D eigenvalue weighted by molar-refractivity contribution is -0.272. The molecule has 2 heterocycles. The van der Waals surface area contributed by atoms with Crippen molar-refractivity contribution in [2.45, 2.75) is 50.7 Å². The molecule has 3 N–H and O–H groups in total. The number of carbonyl (C=O) groups is 1. The van der Waals surface area contributed by atoms with E-state index in [0.29, 0.717) is 0 Å². The number of aromatic nitrogens is 1. The molecule has 0 spiro atoms. The number of nitrogens with one attached hydrogen (secondary N) is 1. The van der Waals surface area contributed by atoms with Gasteiger partial charge in [0.25, 0.3) is 5.91 Å². The number of rotatable bonds is 5. The summed E-state index contributed by atoms with van der Waals surface area (Å²) in [4.78, 5) is 16.9. The molecule has 0 aliphatic carbocycles. The van der Waals surface area contributed by atoms with Gasteiger partial charge in [-0.15, -0.1) is 0 Å². The van der Waals surface area contributed by atoms with E-state index in [1.807, 2.05) is 0 Å². The van der Waals surface area contributed by atoms with Gasteiger partial charge in [-0.3, -0.25) is 9.78 Å². The van der Waals surface area contributed by atoms with Crippen molar-refractivity contribution in [1.82, 2.24) is 4.98 Å². The van der Waals surface area contributed by atoms with Gasteiger partial charge in [0.2, 0.25) is 0 Å². The quantitative estimate of drug-likeness (QED) is 0.574. The maximum atomic E-state index is 14.2. The summed E-state index contributed by atoms with van der Waals surface area (Å²) in [5.74, 6) is -5.83. The van der Waals surface area contributed by atoms with Crippen LogP contribution in [0.4, 0.5) is 27.6 Å². The summed E-state index contributed by atoms with van der Waals surface area (Å²) in [6, 6.07) is 4.63. The van der Waals surface area contributed by atoms with Gasteiger partial charge in [-0.05, 0) is 43.2 Å². The lowest BCUT2D eigenvalue weighted by Crippen LogP contribution is -2.47. The Morgan fingerprint density at radius 1 is 1.27 bits per heavy atom. The van der Waals surface area contributed by atoms with Gasteiger partial charge >= 0.3 is 6.18 Å². The van der Waals surface area contributed by atoms with Gasteiger partial charge in [-0.2, -0.15) is 13.2 Å². The van der Waals surface area contributed by atoms with Gasteiger partial charge in [-0.25, -0.2) is 8.78 Å². The third kappa shape index (κ3) is 4.44. The van der Waals surface area contributed by atoms with Crippen LogP contribution in [0.15, 0.2) is 30.5 Å².